The van der Waals surface area contributed by atoms with E-state index in [0.29, 0.717) is 0 Å². The van der Waals surface area contributed by atoms with E-state index < -0.39 is 0 Å². The molecule has 0 aliphatic carbocycles. The third kappa shape index (κ3) is 31.8. The SMILES string of the molecule is CC=[N-].CC=[N-].CN=C(C)C(C)=NC.[Pd+2]. The molecule has 0 radical (unpaired) electrons. The predicted octanol–water partition coefficient (Wildman–Crippen LogP) is 2.46. The van der Waals surface area contributed by atoms with Crippen molar-refractivity contribution in [2.24, 2.45) is 9.98 Å². The molecule has 90 valence electrons. The van der Waals surface area contributed by atoms with E-state index >= 15 is 0 Å². The number of hydrogen-bond donors (Lipinski definition) is 0. The zero-order valence-corrected chi connectivity index (χ0v) is 11.8. The maximum absolute atomic E-state index is 7.44. The van der Waals surface area contributed by atoms with Crippen molar-refractivity contribution in [1.82, 2.24) is 0 Å². The van der Waals surface area contributed by atoms with E-state index in [9.17, 15) is 0 Å². The van der Waals surface area contributed by atoms with E-state index in [2.05, 4.69) is 9.98 Å². The van der Waals surface area contributed by atoms with Crippen LogP contribution in [0.2, 0.25) is 0 Å². The molecule has 0 spiro atoms. The van der Waals surface area contributed by atoms with Crippen LogP contribution in [0.1, 0.15) is 27.7 Å². The van der Waals surface area contributed by atoms with Crippen molar-refractivity contribution in [3.05, 3.63) is 10.8 Å². The Morgan fingerprint density at radius 2 is 1.00 bits per heavy atom. The molecule has 0 aromatic heterocycles. The van der Waals surface area contributed by atoms with Gasteiger partial charge in [-0.2, -0.15) is 0 Å². The number of nitrogens with zero attached hydrogens (tertiary/aromatic N) is 4. The van der Waals surface area contributed by atoms with Crippen molar-refractivity contribution in [3.8, 4) is 0 Å². The first-order chi connectivity index (χ1) is 6.55. The van der Waals surface area contributed by atoms with Gasteiger partial charge in [-0.3, -0.25) is 9.98 Å². The average Bonchev–Trinajstić information content (AvgIpc) is 2.18. The van der Waals surface area contributed by atoms with Crippen LogP contribution < -0.4 is 0 Å². The molecule has 0 heterocycles. The van der Waals surface area contributed by atoms with E-state index in [1.54, 1.807) is 27.9 Å². The molecule has 0 saturated carbocycles. The summed E-state index contributed by atoms with van der Waals surface area (Å²) >= 11 is 0. The molecular formula is C10H20N4Pd. The van der Waals surface area contributed by atoms with E-state index in [-0.39, 0.29) is 20.4 Å². The van der Waals surface area contributed by atoms with Gasteiger partial charge in [0.2, 0.25) is 0 Å². The monoisotopic (exact) mass is 302 g/mol. The molecule has 5 heteroatoms. The largest absolute Gasteiger partial charge is 2.00 e. The Hall–Kier alpha value is -0.658. The van der Waals surface area contributed by atoms with Crippen molar-refractivity contribution < 1.29 is 20.4 Å². The van der Waals surface area contributed by atoms with Crippen molar-refractivity contribution in [1.29, 1.82) is 0 Å². The molecule has 0 aliphatic rings. The molecule has 0 bridgehead atoms. The average molecular weight is 303 g/mol. The summed E-state index contributed by atoms with van der Waals surface area (Å²) in [6.45, 7) is 7.00. The summed E-state index contributed by atoms with van der Waals surface area (Å²) in [5.74, 6) is 0. The second-order valence-electron chi connectivity index (χ2n) is 2.13. The van der Waals surface area contributed by atoms with Crippen LogP contribution in [0.25, 0.3) is 10.8 Å². The Balaban J connectivity index is -0.0000000733. The maximum atomic E-state index is 7.44. The third-order valence-electron chi connectivity index (χ3n) is 1.19. The Morgan fingerprint density at radius 3 is 1.07 bits per heavy atom. The van der Waals surface area contributed by atoms with Gasteiger partial charge in [0.05, 0.1) is 11.4 Å². The Labute approximate surface area is 107 Å². The van der Waals surface area contributed by atoms with E-state index in [0.717, 1.165) is 23.9 Å². The topological polar surface area (TPSA) is 69.3 Å². The summed E-state index contributed by atoms with van der Waals surface area (Å²) in [7, 11) is 3.54. The minimum Gasteiger partial charge on any atom is -0.814 e. The molecular weight excluding hydrogens is 283 g/mol. The second kappa shape index (κ2) is 23.3. The first kappa shape index (κ1) is 23.9. The number of hydrogen-bond acceptors (Lipinski definition) is 2. The Bertz CT molecular complexity index is 176. The van der Waals surface area contributed by atoms with Crippen molar-refractivity contribution in [3.63, 3.8) is 0 Å². The van der Waals surface area contributed by atoms with E-state index in [4.69, 9.17) is 10.8 Å². The van der Waals surface area contributed by atoms with Crippen LogP contribution in [0.3, 0.4) is 0 Å². The molecule has 0 unspecified atom stereocenters. The number of rotatable bonds is 1. The second-order valence-corrected chi connectivity index (χ2v) is 2.13. The summed E-state index contributed by atoms with van der Waals surface area (Å²) in [5.41, 5.74) is 2.01. The summed E-state index contributed by atoms with van der Waals surface area (Å²) in [5, 5.41) is 14.9. The zero-order chi connectivity index (χ0) is 12.0. The van der Waals surface area contributed by atoms with Gasteiger partial charge in [0.1, 0.15) is 0 Å². The Morgan fingerprint density at radius 1 is 0.867 bits per heavy atom. The normalized spacial score (nSPS) is 9.47. The Kier molecular flexibility index (Phi) is 37.1. The van der Waals surface area contributed by atoms with Crippen LogP contribution in [0.15, 0.2) is 9.98 Å². The molecule has 0 fully saturated rings. The third-order valence-corrected chi connectivity index (χ3v) is 1.19. The molecule has 0 atom stereocenters. The fourth-order valence-corrected chi connectivity index (χ4v) is 0.324. The first-order valence-electron chi connectivity index (χ1n) is 4.26. The molecule has 0 saturated heterocycles. The van der Waals surface area contributed by atoms with Gasteiger partial charge in [0.15, 0.2) is 0 Å². The van der Waals surface area contributed by atoms with Crippen molar-refractivity contribution in [2.45, 2.75) is 27.7 Å². The summed E-state index contributed by atoms with van der Waals surface area (Å²) in [4.78, 5) is 7.89. The summed E-state index contributed by atoms with van der Waals surface area (Å²) < 4.78 is 0. The van der Waals surface area contributed by atoms with Crippen LogP contribution >= 0.6 is 0 Å². The molecule has 15 heavy (non-hydrogen) atoms. The van der Waals surface area contributed by atoms with Gasteiger partial charge in [-0.25, -0.2) is 12.4 Å². The van der Waals surface area contributed by atoms with Gasteiger partial charge in [0, 0.05) is 14.1 Å². The van der Waals surface area contributed by atoms with E-state index in [1.165, 1.54) is 0 Å². The fraction of sp³-hybridized carbons (Fsp3) is 0.600. The van der Waals surface area contributed by atoms with Crippen molar-refractivity contribution >= 4 is 23.9 Å². The van der Waals surface area contributed by atoms with Gasteiger partial charge in [-0.1, -0.05) is 13.8 Å². The summed E-state index contributed by atoms with van der Waals surface area (Å²) in [6.07, 6.45) is 2.00. The van der Waals surface area contributed by atoms with Crippen LogP contribution in [0.5, 0.6) is 0 Å². The summed E-state index contributed by atoms with van der Waals surface area (Å²) in [6, 6.07) is 0. The standard InChI is InChI=1S/C6H12N2.2C2H4N.Pd/c1-5(7-3)6(2)8-4;2*1-2-3;/h1-4H3;2*2H,1H3;/q;2*-1;+2. The quantitative estimate of drug-likeness (QED) is 0.527. The molecule has 0 aromatic rings. The minimum atomic E-state index is 0. The van der Waals surface area contributed by atoms with Crippen molar-refractivity contribution in [2.75, 3.05) is 14.1 Å². The predicted molar refractivity (Wildman–Crippen MR) is 68.3 cm³/mol. The van der Waals surface area contributed by atoms with Gasteiger partial charge < -0.3 is 10.8 Å². The maximum Gasteiger partial charge on any atom is 2.00 e. The van der Waals surface area contributed by atoms with Gasteiger partial charge in [-0.15, -0.1) is 0 Å². The van der Waals surface area contributed by atoms with Gasteiger partial charge in [0.25, 0.3) is 0 Å². The van der Waals surface area contributed by atoms with Gasteiger partial charge in [-0.05, 0) is 13.8 Å². The molecule has 0 amide bonds. The number of aliphatic imine (C=N–C) groups is 2. The molecule has 4 nitrogen and oxygen atoms in total. The van der Waals surface area contributed by atoms with E-state index in [1.807, 2.05) is 13.8 Å². The molecule has 0 rings (SSSR count). The van der Waals surface area contributed by atoms with Crippen LogP contribution in [0.4, 0.5) is 0 Å². The first-order valence-corrected chi connectivity index (χ1v) is 4.26. The van der Waals surface area contributed by atoms with Crippen LogP contribution in [-0.2, 0) is 20.4 Å². The van der Waals surface area contributed by atoms with Crippen LogP contribution in [-0.4, -0.2) is 37.9 Å². The molecule has 0 N–H and O–H groups in total. The molecule has 0 aliphatic heterocycles. The smallest absolute Gasteiger partial charge is 0.814 e. The zero-order valence-electron chi connectivity index (χ0n) is 10.3. The van der Waals surface area contributed by atoms with Crippen LogP contribution in [0, 0.1) is 0 Å². The molecule has 0 aromatic carbocycles. The minimum absolute atomic E-state index is 0. The fourth-order valence-electron chi connectivity index (χ4n) is 0.324. The van der Waals surface area contributed by atoms with Gasteiger partial charge >= 0.3 is 20.4 Å².